The summed E-state index contributed by atoms with van der Waals surface area (Å²) in [5.74, 6) is 0.295. The molecule has 0 bridgehead atoms. The Morgan fingerprint density at radius 2 is 1.50 bits per heavy atom. The van der Waals surface area contributed by atoms with Gasteiger partial charge in [0.2, 0.25) is 11.6 Å². The molecule has 0 heterocycles. The van der Waals surface area contributed by atoms with Crippen LogP contribution in [-0.4, -0.2) is 16.7 Å². The molecule has 3 heteroatoms. The fourth-order valence-electron chi connectivity index (χ4n) is 3.30. The molecule has 130 valence electrons. The molecule has 24 heavy (non-hydrogen) atoms. The second kappa shape index (κ2) is 8.27. The fourth-order valence-corrected chi connectivity index (χ4v) is 3.30. The highest BCUT2D eigenvalue weighted by Crippen LogP contribution is 2.30. The molecule has 1 aromatic rings. The van der Waals surface area contributed by atoms with Crippen molar-refractivity contribution in [3.05, 3.63) is 41.0 Å². The summed E-state index contributed by atoms with van der Waals surface area (Å²) < 4.78 is 0. The van der Waals surface area contributed by atoms with Gasteiger partial charge in [-0.15, -0.1) is 0 Å². The number of aliphatic hydroxyl groups is 1. The van der Waals surface area contributed by atoms with Crippen molar-refractivity contribution in [3.63, 3.8) is 0 Å². The van der Waals surface area contributed by atoms with Gasteiger partial charge in [-0.25, -0.2) is 0 Å². The van der Waals surface area contributed by atoms with Crippen LogP contribution < -0.4 is 0 Å². The third kappa shape index (κ3) is 4.34. The highest BCUT2D eigenvalue weighted by atomic mass is 16.3. The Bertz CT molecular complexity index is 640. The summed E-state index contributed by atoms with van der Waals surface area (Å²) in [5, 5.41) is 10.4. The zero-order valence-electron chi connectivity index (χ0n) is 15.0. The van der Waals surface area contributed by atoms with Gasteiger partial charge in [-0.05, 0) is 24.7 Å². The van der Waals surface area contributed by atoms with Crippen molar-refractivity contribution in [2.45, 2.75) is 59.3 Å². The van der Waals surface area contributed by atoms with E-state index in [-0.39, 0.29) is 11.3 Å². The molecule has 0 aliphatic heterocycles. The van der Waals surface area contributed by atoms with Gasteiger partial charge in [0, 0.05) is 16.7 Å². The largest absolute Gasteiger partial charge is 0.507 e. The van der Waals surface area contributed by atoms with Crippen LogP contribution in [0.15, 0.2) is 29.8 Å². The minimum Gasteiger partial charge on any atom is -0.507 e. The first-order chi connectivity index (χ1) is 11.4. The van der Waals surface area contributed by atoms with E-state index in [9.17, 15) is 14.7 Å². The Morgan fingerprint density at radius 1 is 0.875 bits per heavy atom. The summed E-state index contributed by atoms with van der Waals surface area (Å²) >= 11 is 0. The van der Waals surface area contributed by atoms with Gasteiger partial charge >= 0.3 is 0 Å². The van der Waals surface area contributed by atoms with E-state index in [4.69, 9.17) is 0 Å². The maximum absolute atomic E-state index is 12.3. The Labute approximate surface area is 144 Å². The third-order valence-corrected chi connectivity index (χ3v) is 4.80. The molecule has 1 atom stereocenters. The maximum atomic E-state index is 12.3. The summed E-state index contributed by atoms with van der Waals surface area (Å²) in [6, 6.07) is 6.77. The van der Waals surface area contributed by atoms with Crippen LogP contribution in [0.1, 0.15) is 75.2 Å². The molecule has 0 amide bonds. The summed E-state index contributed by atoms with van der Waals surface area (Å²) in [7, 11) is 0. The lowest BCUT2D eigenvalue weighted by Gasteiger charge is -2.18. The Morgan fingerprint density at radius 3 is 2.17 bits per heavy atom. The minimum absolute atomic E-state index is 0.0114. The van der Waals surface area contributed by atoms with Crippen molar-refractivity contribution in [1.29, 1.82) is 0 Å². The van der Waals surface area contributed by atoms with Gasteiger partial charge in [0.15, 0.2) is 0 Å². The van der Waals surface area contributed by atoms with Gasteiger partial charge in [-0.1, -0.05) is 70.7 Å². The maximum Gasteiger partial charge on any atom is 0.234 e. The van der Waals surface area contributed by atoms with Crippen LogP contribution in [0, 0.1) is 11.8 Å². The van der Waals surface area contributed by atoms with Crippen LogP contribution in [0.3, 0.4) is 0 Å². The number of benzene rings is 1. The van der Waals surface area contributed by atoms with E-state index < -0.39 is 11.6 Å². The second-order valence-corrected chi connectivity index (χ2v) is 7.35. The number of fused-ring (bicyclic) bond motifs is 1. The lowest BCUT2D eigenvalue weighted by Crippen LogP contribution is -2.24. The lowest BCUT2D eigenvalue weighted by molar-refractivity contribution is -0.112. The van der Waals surface area contributed by atoms with Crippen molar-refractivity contribution >= 4 is 17.3 Å². The Hall–Kier alpha value is -1.90. The number of carbonyl (C=O) groups excluding carboxylic acids is 2. The molecule has 0 saturated heterocycles. The highest BCUT2D eigenvalue weighted by Gasteiger charge is 2.31. The summed E-state index contributed by atoms with van der Waals surface area (Å²) in [4.78, 5) is 24.4. The van der Waals surface area contributed by atoms with E-state index >= 15 is 0 Å². The third-order valence-electron chi connectivity index (χ3n) is 4.80. The van der Waals surface area contributed by atoms with Gasteiger partial charge in [0.25, 0.3) is 0 Å². The van der Waals surface area contributed by atoms with Crippen LogP contribution in [-0.2, 0) is 4.79 Å². The van der Waals surface area contributed by atoms with Crippen LogP contribution in [0.2, 0.25) is 0 Å². The molecule has 0 radical (unpaired) electrons. The van der Waals surface area contributed by atoms with Crippen molar-refractivity contribution in [2.75, 3.05) is 0 Å². The summed E-state index contributed by atoms with van der Waals surface area (Å²) in [5.41, 5.74) is 1.08. The molecule has 0 aromatic heterocycles. The first kappa shape index (κ1) is 18.4. The van der Waals surface area contributed by atoms with E-state index in [2.05, 4.69) is 20.8 Å². The van der Waals surface area contributed by atoms with E-state index in [1.54, 1.807) is 24.3 Å². The SMILES string of the molecule is CC(C)CCCC(C)CCCC1=C(O)c2ccccc2C(=O)C1=O. The van der Waals surface area contributed by atoms with Gasteiger partial charge in [-0.2, -0.15) is 0 Å². The molecule has 0 saturated carbocycles. The van der Waals surface area contributed by atoms with E-state index in [0.29, 0.717) is 23.5 Å². The van der Waals surface area contributed by atoms with E-state index in [1.807, 2.05) is 0 Å². The number of Topliss-reactive ketones (excluding diaryl/α,β-unsaturated/α-hetero) is 2. The monoisotopic (exact) mass is 328 g/mol. The highest BCUT2D eigenvalue weighted by molar-refractivity contribution is 6.52. The van der Waals surface area contributed by atoms with Gasteiger partial charge in [0.05, 0.1) is 0 Å². The number of aliphatic hydroxyl groups excluding tert-OH is 1. The van der Waals surface area contributed by atoms with Crippen LogP contribution in [0.25, 0.3) is 5.76 Å². The van der Waals surface area contributed by atoms with Gasteiger partial charge < -0.3 is 5.11 Å². The Balaban J connectivity index is 1.95. The number of ketones is 2. The fraction of sp³-hybridized carbons (Fsp3) is 0.524. The Kier molecular flexibility index (Phi) is 6.36. The van der Waals surface area contributed by atoms with Crippen LogP contribution in [0.4, 0.5) is 0 Å². The van der Waals surface area contributed by atoms with Crippen molar-refractivity contribution < 1.29 is 14.7 Å². The number of carbonyl (C=O) groups is 2. The van der Waals surface area contributed by atoms with Gasteiger partial charge in [-0.3, -0.25) is 9.59 Å². The van der Waals surface area contributed by atoms with Crippen molar-refractivity contribution in [2.24, 2.45) is 11.8 Å². The molecule has 1 aliphatic carbocycles. The number of allylic oxidation sites excluding steroid dienone is 1. The topological polar surface area (TPSA) is 54.4 Å². The molecule has 1 N–H and O–H groups in total. The smallest absolute Gasteiger partial charge is 0.234 e. The lowest BCUT2D eigenvalue weighted by atomic mass is 9.85. The van der Waals surface area contributed by atoms with E-state index in [1.165, 1.54) is 19.3 Å². The molecule has 0 spiro atoms. The number of hydrogen-bond donors (Lipinski definition) is 1. The molecule has 3 nitrogen and oxygen atoms in total. The molecule has 2 rings (SSSR count). The second-order valence-electron chi connectivity index (χ2n) is 7.35. The van der Waals surface area contributed by atoms with Crippen molar-refractivity contribution in [1.82, 2.24) is 0 Å². The number of rotatable bonds is 8. The first-order valence-electron chi connectivity index (χ1n) is 9.02. The number of hydrogen-bond acceptors (Lipinski definition) is 3. The quantitative estimate of drug-likeness (QED) is 0.654. The molecular weight excluding hydrogens is 300 g/mol. The average molecular weight is 328 g/mol. The summed E-state index contributed by atoms with van der Waals surface area (Å²) in [6.07, 6.45) is 5.98. The first-order valence-corrected chi connectivity index (χ1v) is 9.02. The molecule has 1 aromatic carbocycles. The molecule has 1 unspecified atom stereocenters. The minimum atomic E-state index is -0.543. The molecule has 0 fully saturated rings. The van der Waals surface area contributed by atoms with Gasteiger partial charge in [0.1, 0.15) is 5.76 Å². The zero-order valence-corrected chi connectivity index (χ0v) is 15.0. The van der Waals surface area contributed by atoms with Crippen molar-refractivity contribution in [3.8, 4) is 0 Å². The zero-order chi connectivity index (χ0) is 17.7. The van der Waals surface area contributed by atoms with E-state index in [0.717, 1.165) is 18.8 Å². The van der Waals surface area contributed by atoms with Crippen LogP contribution >= 0.6 is 0 Å². The van der Waals surface area contributed by atoms with Crippen LogP contribution in [0.5, 0.6) is 0 Å². The predicted octanol–water partition coefficient (Wildman–Crippen LogP) is 5.35. The standard InChI is InChI=1S/C21H28O3/c1-14(2)8-6-9-15(3)10-7-13-18-19(22)16-11-4-5-12-17(16)20(23)21(18)24/h4-5,11-12,14-15,22H,6-10,13H2,1-3H3. The normalized spacial score (nSPS) is 15.8. The molecular formula is C21H28O3. The predicted molar refractivity (Wildman–Crippen MR) is 97.0 cm³/mol. The average Bonchev–Trinajstić information content (AvgIpc) is 2.55. The molecule has 1 aliphatic rings. The summed E-state index contributed by atoms with van der Waals surface area (Å²) in [6.45, 7) is 6.71.